The number of nitrogens with one attached hydrogen (secondary N) is 1. The Hall–Kier alpha value is -0.430. The average molecular weight is 276 g/mol. The Kier molecular flexibility index (Phi) is 4.35. The number of thiophene rings is 1. The standard InChI is InChI=1S/C11H20N2O2S2/c1-8(11(2,3)4)13-17(14,15)10-5-9(6-12)7-16-10/h5,7-8,13H,6,12H2,1-4H3. The van der Waals surface area contributed by atoms with E-state index >= 15 is 0 Å². The van der Waals surface area contributed by atoms with Crippen LogP contribution in [0.15, 0.2) is 15.7 Å². The minimum absolute atomic E-state index is 0.110. The predicted molar refractivity (Wildman–Crippen MR) is 71.4 cm³/mol. The van der Waals surface area contributed by atoms with Gasteiger partial charge in [-0.2, -0.15) is 0 Å². The molecular weight excluding hydrogens is 256 g/mol. The second kappa shape index (κ2) is 5.06. The summed E-state index contributed by atoms with van der Waals surface area (Å²) in [5, 5.41) is 1.77. The van der Waals surface area contributed by atoms with Gasteiger partial charge in [0.15, 0.2) is 0 Å². The van der Waals surface area contributed by atoms with Gasteiger partial charge in [0.1, 0.15) is 4.21 Å². The van der Waals surface area contributed by atoms with Crippen LogP contribution in [0.25, 0.3) is 0 Å². The van der Waals surface area contributed by atoms with E-state index in [4.69, 9.17) is 5.73 Å². The van der Waals surface area contributed by atoms with Crippen molar-refractivity contribution in [3.8, 4) is 0 Å². The van der Waals surface area contributed by atoms with Crippen LogP contribution in [0.3, 0.4) is 0 Å². The lowest BCUT2D eigenvalue weighted by Gasteiger charge is -2.27. The summed E-state index contributed by atoms with van der Waals surface area (Å²) < 4.78 is 27.2. The molecule has 1 rings (SSSR count). The zero-order valence-electron chi connectivity index (χ0n) is 10.6. The topological polar surface area (TPSA) is 72.2 Å². The molecule has 98 valence electrons. The number of rotatable bonds is 4. The summed E-state index contributed by atoms with van der Waals surface area (Å²) in [5.74, 6) is 0. The molecule has 0 aromatic carbocycles. The molecule has 0 amide bonds. The van der Waals surface area contributed by atoms with Crippen molar-refractivity contribution in [1.82, 2.24) is 4.72 Å². The van der Waals surface area contributed by atoms with Gasteiger partial charge in [-0.1, -0.05) is 20.8 Å². The van der Waals surface area contributed by atoms with Gasteiger partial charge in [-0.15, -0.1) is 11.3 Å². The Morgan fingerprint density at radius 1 is 1.47 bits per heavy atom. The summed E-state index contributed by atoms with van der Waals surface area (Å²) >= 11 is 1.20. The number of sulfonamides is 1. The minimum atomic E-state index is -3.42. The molecule has 0 aliphatic rings. The SMILES string of the molecule is CC(NS(=O)(=O)c1cc(CN)cs1)C(C)(C)C. The molecular formula is C11H20N2O2S2. The van der Waals surface area contributed by atoms with Gasteiger partial charge in [-0.25, -0.2) is 13.1 Å². The van der Waals surface area contributed by atoms with Crippen LogP contribution in [0.2, 0.25) is 0 Å². The van der Waals surface area contributed by atoms with E-state index in [1.807, 2.05) is 27.7 Å². The molecule has 3 N–H and O–H groups in total. The Labute approximate surface area is 107 Å². The fourth-order valence-corrected chi connectivity index (χ4v) is 3.76. The first-order valence-corrected chi connectivity index (χ1v) is 7.83. The van der Waals surface area contributed by atoms with Crippen molar-refractivity contribution in [2.75, 3.05) is 0 Å². The van der Waals surface area contributed by atoms with Crippen molar-refractivity contribution in [2.24, 2.45) is 11.1 Å². The maximum Gasteiger partial charge on any atom is 0.250 e. The van der Waals surface area contributed by atoms with Gasteiger partial charge in [0.25, 0.3) is 0 Å². The molecule has 0 bridgehead atoms. The third kappa shape index (κ3) is 3.77. The van der Waals surface area contributed by atoms with Crippen LogP contribution in [-0.2, 0) is 16.6 Å². The molecule has 17 heavy (non-hydrogen) atoms. The summed E-state index contributed by atoms with van der Waals surface area (Å²) in [5.41, 5.74) is 6.20. The molecule has 0 fully saturated rings. The van der Waals surface area contributed by atoms with Crippen molar-refractivity contribution >= 4 is 21.4 Å². The summed E-state index contributed by atoms with van der Waals surface area (Å²) in [6.45, 7) is 8.23. The fraction of sp³-hybridized carbons (Fsp3) is 0.636. The van der Waals surface area contributed by atoms with Crippen LogP contribution in [0.5, 0.6) is 0 Å². The van der Waals surface area contributed by atoms with Crippen LogP contribution in [-0.4, -0.2) is 14.5 Å². The quantitative estimate of drug-likeness (QED) is 0.882. The van der Waals surface area contributed by atoms with Gasteiger partial charge >= 0.3 is 0 Å². The third-order valence-electron chi connectivity index (χ3n) is 2.76. The van der Waals surface area contributed by atoms with Gasteiger partial charge in [0.2, 0.25) is 10.0 Å². The Morgan fingerprint density at radius 3 is 2.47 bits per heavy atom. The minimum Gasteiger partial charge on any atom is -0.326 e. The molecule has 1 heterocycles. The number of hydrogen-bond acceptors (Lipinski definition) is 4. The molecule has 4 nitrogen and oxygen atoms in total. The normalized spacial score (nSPS) is 14.9. The van der Waals surface area contributed by atoms with Crippen LogP contribution in [0, 0.1) is 5.41 Å². The van der Waals surface area contributed by atoms with Gasteiger partial charge < -0.3 is 5.73 Å². The van der Waals surface area contributed by atoms with Crippen molar-refractivity contribution < 1.29 is 8.42 Å². The lowest BCUT2D eigenvalue weighted by molar-refractivity contribution is 0.318. The van der Waals surface area contributed by atoms with E-state index in [9.17, 15) is 8.42 Å². The smallest absolute Gasteiger partial charge is 0.250 e. The zero-order chi connectivity index (χ0) is 13.3. The number of hydrogen-bond donors (Lipinski definition) is 2. The lowest BCUT2D eigenvalue weighted by Crippen LogP contribution is -2.41. The third-order valence-corrected chi connectivity index (χ3v) is 5.79. The maximum atomic E-state index is 12.1. The summed E-state index contributed by atoms with van der Waals surface area (Å²) in [6.07, 6.45) is 0. The van der Waals surface area contributed by atoms with E-state index in [-0.39, 0.29) is 11.5 Å². The zero-order valence-corrected chi connectivity index (χ0v) is 12.3. The van der Waals surface area contributed by atoms with E-state index < -0.39 is 10.0 Å². The highest BCUT2D eigenvalue weighted by atomic mass is 32.2. The summed E-state index contributed by atoms with van der Waals surface area (Å²) in [7, 11) is -3.42. The van der Waals surface area contributed by atoms with Gasteiger partial charge in [-0.05, 0) is 29.3 Å². The summed E-state index contributed by atoms with van der Waals surface area (Å²) in [4.78, 5) is 0. The second-order valence-corrected chi connectivity index (χ2v) is 8.04. The fourth-order valence-electron chi connectivity index (χ4n) is 1.07. The second-order valence-electron chi connectivity index (χ2n) is 5.19. The van der Waals surface area contributed by atoms with Crippen LogP contribution < -0.4 is 10.5 Å². The Morgan fingerprint density at radius 2 is 2.06 bits per heavy atom. The van der Waals surface area contributed by atoms with Crippen molar-refractivity contribution in [3.63, 3.8) is 0 Å². The highest BCUT2D eigenvalue weighted by Gasteiger charge is 2.26. The first-order valence-electron chi connectivity index (χ1n) is 5.46. The molecule has 0 radical (unpaired) electrons. The highest BCUT2D eigenvalue weighted by molar-refractivity contribution is 7.91. The van der Waals surface area contributed by atoms with Gasteiger partial charge in [0.05, 0.1) is 0 Å². The molecule has 1 aromatic heterocycles. The van der Waals surface area contributed by atoms with Crippen LogP contribution in [0.1, 0.15) is 33.3 Å². The molecule has 1 aromatic rings. The van der Waals surface area contributed by atoms with Gasteiger partial charge in [-0.3, -0.25) is 0 Å². The van der Waals surface area contributed by atoms with Crippen molar-refractivity contribution in [1.29, 1.82) is 0 Å². The van der Waals surface area contributed by atoms with E-state index in [1.165, 1.54) is 11.3 Å². The first kappa shape index (κ1) is 14.6. The largest absolute Gasteiger partial charge is 0.326 e. The van der Waals surface area contributed by atoms with E-state index in [1.54, 1.807) is 11.4 Å². The lowest BCUT2D eigenvalue weighted by atomic mass is 9.89. The summed E-state index contributed by atoms with van der Waals surface area (Å²) in [6, 6.07) is 1.50. The van der Waals surface area contributed by atoms with E-state index in [2.05, 4.69) is 4.72 Å². The predicted octanol–water partition coefficient (Wildman–Crippen LogP) is 1.92. The highest BCUT2D eigenvalue weighted by Crippen LogP contribution is 2.24. The molecule has 0 saturated carbocycles. The van der Waals surface area contributed by atoms with E-state index in [0.29, 0.717) is 10.8 Å². The Bertz CT molecular complexity index is 472. The monoisotopic (exact) mass is 276 g/mol. The first-order chi connectivity index (χ1) is 7.66. The maximum absolute atomic E-state index is 12.1. The number of nitrogens with two attached hydrogens (primary N) is 1. The molecule has 0 spiro atoms. The average Bonchev–Trinajstić information content (AvgIpc) is 2.64. The molecule has 0 saturated heterocycles. The van der Waals surface area contributed by atoms with Crippen LogP contribution >= 0.6 is 11.3 Å². The molecule has 0 aliphatic heterocycles. The van der Waals surface area contributed by atoms with Crippen LogP contribution in [0.4, 0.5) is 0 Å². The molecule has 1 atom stereocenters. The van der Waals surface area contributed by atoms with Crippen molar-refractivity contribution in [2.45, 2.75) is 44.5 Å². The molecule has 6 heteroatoms. The molecule has 1 unspecified atom stereocenters. The Balaban J connectivity index is 2.89. The van der Waals surface area contributed by atoms with E-state index in [0.717, 1.165) is 5.56 Å². The van der Waals surface area contributed by atoms with Crippen molar-refractivity contribution in [3.05, 3.63) is 17.0 Å². The molecule has 0 aliphatic carbocycles. The van der Waals surface area contributed by atoms with Gasteiger partial charge in [0, 0.05) is 12.6 Å².